The molecule has 0 saturated carbocycles. The molecule has 78 valence electrons. The molecule has 2 rings (SSSR count). The summed E-state index contributed by atoms with van der Waals surface area (Å²) < 4.78 is 28.2. The molecule has 2 aromatic rings. The van der Waals surface area contributed by atoms with Crippen LogP contribution in [0.4, 0.5) is 0 Å². The summed E-state index contributed by atoms with van der Waals surface area (Å²) in [6, 6.07) is 8.92. The molecule has 0 radical (unpaired) electrons. The normalized spacial score (nSPS) is 11.5. The maximum Gasteiger partial charge on any atom is 0.315 e. The van der Waals surface area contributed by atoms with Crippen molar-refractivity contribution in [1.29, 1.82) is 0 Å². The van der Waals surface area contributed by atoms with Gasteiger partial charge in [0.1, 0.15) is 6.26 Å². The molecular weight excluding hydrogens is 214 g/mol. The molecule has 0 unspecified atom stereocenters. The monoisotopic (exact) mass is 223 g/mol. The Morgan fingerprint density at radius 2 is 1.93 bits per heavy atom. The van der Waals surface area contributed by atoms with Gasteiger partial charge in [0.15, 0.2) is 0 Å². The van der Waals surface area contributed by atoms with Crippen LogP contribution < -0.4 is 0 Å². The van der Waals surface area contributed by atoms with Crippen molar-refractivity contribution in [2.45, 2.75) is 11.0 Å². The number of hydrogen-bond acceptors (Lipinski definition) is 4. The van der Waals surface area contributed by atoms with E-state index in [9.17, 15) is 8.42 Å². The molecule has 0 saturated heterocycles. The highest BCUT2D eigenvalue weighted by Gasteiger charge is 2.19. The third-order valence-corrected chi connectivity index (χ3v) is 3.32. The molecule has 0 amide bonds. The minimum absolute atomic E-state index is 0.0889. The molecule has 5 heteroatoms. The van der Waals surface area contributed by atoms with Crippen molar-refractivity contribution >= 4 is 9.84 Å². The molecule has 1 heterocycles. The van der Waals surface area contributed by atoms with Gasteiger partial charge in [0.2, 0.25) is 9.84 Å². The zero-order chi connectivity index (χ0) is 10.7. The summed E-state index contributed by atoms with van der Waals surface area (Å²) in [4.78, 5) is 3.63. The first kappa shape index (κ1) is 9.92. The van der Waals surface area contributed by atoms with E-state index in [1.54, 1.807) is 24.3 Å². The van der Waals surface area contributed by atoms with Crippen molar-refractivity contribution in [3.05, 3.63) is 48.4 Å². The van der Waals surface area contributed by atoms with Crippen LogP contribution in [0.15, 0.2) is 52.4 Å². The van der Waals surface area contributed by atoms with E-state index < -0.39 is 9.84 Å². The van der Waals surface area contributed by atoms with Crippen LogP contribution in [0.2, 0.25) is 0 Å². The largest absolute Gasteiger partial charge is 0.437 e. The van der Waals surface area contributed by atoms with Gasteiger partial charge in [-0.2, -0.15) is 0 Å². The van der Waals surface area contributed by atoms with Crippen molar-refractivity contribution < 1.29 is 12.8 Å². The minimum Gasteiger partial charge on any atom is -0.437 e. The van der Waals surface area contributed by atoms with Crippen LogP contribution in [0.3, 0.4) is 0 Å². The maximum atomic E-state index is 11.7. The maximum absolute atomic E-state index is 11.7. The van der Waals surface area contributed by atoms with E-state index >= 15 is 0 Å². The second-order valence-corrected chi connectivity index (χ2v) is 4.91. The van der Waals surface area contributed by atoms with E-state index in [4.69, 9.17) is 4.42 Å². The molecule has 0 atom stereocenters. The number of sulfone groups is 1. The number of aromatic nitrogens is 1. The van der Waals surface area contributed by atoms with Crippen molar-refractivity contribution in [2.75, 3.05) is 0 Å². The van der Waals surface area contributed by atoms with Gasteiger partial charge in [0, 0.05) is 0 Å². The van der Waals surface area contributed by atoms with Gasteiger partial charge in [-0.15, -0.1) is 0 Å². The summed E-state index contributed by atoms with van der Waals surface area (Å²) in [5.74, 6) is -0.0889. The standard InChI is InChI=1S/C10H9NO3S/c12-15(13,10-11-6-7-14-10)8-9-4-2-1-3-5-9/h1-7H,8H2. The lowest BCUT2D eigenvalue weighted by Gasteiger charge is -1.99. The molecule has 0 spiro atoms. The molecule has 0 aliphatic heterocycles. The number of oxazole rings is 1. The summed E-state index contributed by atoms with van der Waals surface area (Å²) in [5.41, 5.74) is 0.718. The predicted molar refractivity (Wildman–Crippen MR) is 53.8 cm³/mol. The minimum atomic E-state index is -3.45. The molecule has 0 bridgehead atoms. The number of nitrogens with zero attached hydrogens (tertiary/aromatic N) is 1. The summed E-state index contributed by atoms with van der Waals surface area (Å²) in [5, 5.41) is -0.230. The first-order valence-corrected chi connectivity index (χ1v) is 6.00. The Labute approximate surface area is 87.5 Å². The van der Waals surface area contributed by atoms with E-state index in [1.165, 1.54) is 12.5 Å². The average Bonchev–Trinajstić information content (AvgIpc) is 2.71. The second kappa shape index (κ2) is 3.86. The smallest absolute Gasteiger partial charge is 0.315 e. The molecule has 0 aliphatic rings. The lowest BCUT2D eigenvalue weighted by Crippen LogP contribution is -2.04. The highest BCUT2D eigenvalue weighted by atomic mass is 32.2. The SMILES string of the molecule is O=S(=O)(Cc1ccccc1)c1ncco1. The molecule has 4 nitrogen and oxygen atoms in total. The molecule has 0 N–H and O–H groups in total. The second-order valence-electron chi connectivity index (χ2n) is 3.04. The first-order chi connectivity index (χ1) is 7.18. The lowest BCUT2D eigenvalue weighted by atomic mass is 10.2. The van der Waals surface area contributed by atoms with Crippen molar-refractivity contribution in [3.8, 4) is 0 Å². The Morgan fingerprint density at radius 1 is 1.20 bits per heavy atom. The van der Waals surface area contributed by atoms with E-state index in [1.807, 2.05) is 6.07 Å². The number of rotatable bonds is 3. The fraction of sp³-hybridized carbons (Fsp3) is 0.100. The van der Waals surface area contributed by atoms with Crippen molar-refractivity contribution in [3.63, 3.8) is 0 Å². The Bertz CT molecular complexity index is 517. The molecule has 0 fully saturated rings. The predicted octanol–water partition coefficient (Wildman–Crippen LogP) is 1.65. The molecule has 1 aromatic carbocycles. The van der Waals surface area contributed by atoms with Crippen LogP contribution in [-0.2, 0) is 15.6 Å². The van der Waals surface area contributed by atoms with Gasteiger partial charge < -0.3 is 4.42 Å². The van der Waals surface area contributed by atoms with Gasteiger partial charge in [-0.3, -0.25) is 0 Å². The summed E-state index contributed by atoms with van der Waals surface area (Å²) in [6.45, 7) is 0. The first-order valence-electron chi connectivity index (χ1n) is 4.35. The number of hydrogen-bond donors (Lipinski definition) is 0. The van der Waals surface area contributed by atoms with Gasteiger partial charge in [0.05, 0.1) is 11.9 Å². The fourth-order valence-corrected chi connectivity index (χ4v) is 2.40. The van der Waals surface area contributed by atoms with E-state index in [-0.39, 0.29) is 11.0 Å². The van der Waals surface area contributed by atoms with Crippen LogP contribution in [0.25, 0.3) is 0 Å². The van der Waals surface area contributed by atoms with Gasteiger partial charge in [-0.1, -0.05) is 30.3 Å². The molecule has 1 aromatic heterocycles. The van der Waals surface area contributed by atoms with E-state index in [2.05, 4.69) is 4.98 Å². The summed E-state index contributed by atoms with van der Waals surface area (Å²) >= 11 is 0. The van der Waals surface area contributed by atoms with Crippen LogP contribution in [0, 0.1) is 0 Å². The lowest BCUT2D eigenvalue weighted by molar-refractivity contribution is 0.429. The third kappa shape index (κ3) is 2.24. The van der Waals surface area contributed by atoms with Crippen LogP contribution in [0.1, 0.15) is 5.56 Å². The Morgan fingerprint density at radius 3 is 2.53 bits per heavy atom. The Balaban J connectivity index is 2.27. The number of benzene rings is 1. The van der Waals surface area contributed by atoms with E-state index in [0.29, 0.717) is 0 Å². The molecular formula is C10H9NO3S. The topological polar surface area (TPSA) is 60.2 Å². The van der Waals surface area contributed by atoms with Crippen LogP contribution in [0.5, 0.6) is 0 Å². The van der Waals surface area contributed by atoms with E-state index in [0.717, 1.165) is 5.56 Å². The third-order valence-electron chi connectivity index (χ3n) is 1.88. The fourth-order valence-electron chi connectivity index (χ4n) is 1.22. The van der Waals surface area contributed by atoms with Crippen LogP contribution in [-0.4, -0.2) is 13.4 Å². The van der Waals surface area contributed by atoms with Crippen LogP contribution >= 0.6 is 0 Å². The zero-order valence-corrected chi connectivity index (χ0v) is 8.65. The van der Waals surface area contributed by atoms with Crippen molar-refractivity contribution in [1.82, 2.24) is 4.98 Å². The Kier molecular flexibility index (Phi) is 2.55. The highest BCUT2D eigenvalue weighted by molar-refractivity contribution is 7.90. The van der Waals surface area contributed by atoms with Gasteiger partial charge in [0.25, 0.3) is 0 Å². The van der Waals surface area contributed by atoms with Gasteiger partial charge in [-0.05, 0) is 5.56 Å². The molecule has 0 aliphatic carbocycles. The summed E-state index contributed by atoms with van der Waals surface area (Å²) in [6.07, 6.45) is 2.57. The van der Waals surface area contributed by atoms with Gasteiger partial charge >= 0.3 is 5.22 Å². The highest BCUT2D eigenvalue weighted by Crippen LogP contribution is 2.13. The quantitative estimate of drug-likeness (QED) is 0.793. The van der Waals surface area contributed by atoms with Gasteiger partial charge in [-0.25, -0.2) is 13.4 Å². The Hall–Kier alpha value is -1.62. The van der Waals surface area contributed by atoms with Crippen molar-refractivity contribution in [2.24, 2.45) is 0 Å². The molecule has 15 heavy (non-hydrogen) atoms. The summed E-state index contributed by atoms with van der Waals surface area (Å²) in [7, 11) is -3.45. The zero-order valence-electron chi connectivity index (χ0n) is 7.83. The average molecular weight is 223 g/mol.